The van der Waals surface area contributed by atoms with E-state index in [-0.39, 0.29) is 0 Å². The minimum Gasteiger partial charge on any atom is -0.376 e. The van der Waals surface area contributed by atoms with E-state index in [9.17, 15) is 0 Å². The lowest BCUT2D eigenvalue weighted by Crippen LogP contribution is -2.29. The molecule has 0 saturated carbocycles. The minimum absolute atomic E-state index is 0.584. The number of aromatic nitrogens is 2. The average molecular weight is 207 g/mol. The molecule has 1 aromatic heterocycles. The molecule has 1 saturated heterocycles. The van der Waals surface area contributed by atoms with Crippen LogP contribution >= 0.6 is 0 Å². The smallest absolute Gasteiger partial charge is 0.0753 e. The summed E-state index contributed by atoms with van der Waals surface area (Å²) >= 11 is 0. The van der Waals surface area contributed by atoms with E-state index in [0.717, 1.165) is 32.7 Å². The number of nitrogens with zero attached hydrogens (tertiary/aromatic N) is 1. The Balaban J connectivity index is 1.87. The third-order valence-electron chi connectivity index (χ3n) is 3.41. The highest BCUT2D eigenvalue weighted by Gasteiger charge is 2.24. The molecule has 1 fully saturated rings. The van der Waals surface area contributed by atoms with Crippen LogP contribution in [0.2, 0.25) is 0 Å². The molecule has 0 spiro atoms. The highest BCUT2D eigenvalue weighted by atomic mass is 16.5. The lowest BCUT2D eigenvalue weighted by atomic mass is 9.92. The summed E-state index contributed by atoms with van der Waals surface area (Å²) in [6.45, 7) is 3.80. The molecule has 0 aliphatic carbocycles. The van der Waals surface area contributed by atoms with E-state index >= 15 is 0 Å². The van der Waals surface area contributed by atoms with Crippen LogP contribution in [0.4, 0.5) is 0 Å². The standard InChI is InChI=1S/C11H17N3O/c1-2-8(6-12-4-1)11-9-7-15-5-3-10(9)13-14-11/h8,12H,1-7H2,(H,13,14)/t8-/m0/s1. The first-order valence-electron chi connectivity index (χ1n) is 5.79. The van der Waals surface area contributed by atoms with Crippen LogP contribution in [0.25, 0.3) is 0 Å². The molecule has 2 N–H and O–H groups in total. The Kier molecular flexibility index (Phi) is 2.46. The van der Waals surface area contributed by atoms with Crippen molar-refractivity contribution < 1.29 is 4.74 Å². The van der Waals surface area contributed by atoms with Crippen LogP contribution in [0, 0.1) is 0 Å². The van der Waals surface area contributed by atoms with Gasteiger partial charge in [0.1, 0.15) is 0 Å². The molecule has 3 rings (SSSR count). The Hall–Kier alpha value is -0.870. The average Bonchev–Trinajstić information content (AvgIpc) is 2.74. The third kappa shape index (κ3) is 1.68. The van der Waals surface area contributed by atoms with Crippen molar-refractivity contribution in [2.24, 2.45) is 0 Å². The van der Waals surface area contributed by atoms with Crippen molar-refractivity contribution in [1.29, 1.82) is 0 Å². The molecule has 4 heteroatoms. The Bertz CT molecular complexity index is 342. The van der Waals surface area contributed by atoms with Crippen molar-refractivity contribution in [2.75, 3.05) is 19.7 Å². The molecule has 0 amide bonds. The monoisotopic (exact) mass is 207 g/mol. The molecule has 82 valence electrons. The summed E-state index contributed by atoms with van der Waals surface area (Å²) in [5.74, 6) is 0.584. The topological polar surface area (TPSA) is 49.9 Å². The van der Waals surface area contributed by atoms with E-state index in [1.807, 2.05) is 0 Å². The van der Waals surface area contributed by atoms with Crippen molar-refractivity contribution >= 4 is 0 Å². The number of H-pyrrole nitrogens is 1. The van der Waals surface area contributed by atoms with Crippen molar-refractivity contribution in [3.8, 4) is 0 Å². The first kappa shape index (κ1) is 9.36. The largest absolute Gasteiger partial charge is 0.376 e. The highest BCUT2D eigenvalue weighted by Crippen LogP contribution is 2.28. The van der Waals surface area contributed by atoms with Gasteiger partial charge in [0.15, 0.2) is 0 Å². The SMILES string of the molecule is C1CNC[C@@H](c2n[nH]c3c2COCC3)C1. The quantitative estimate of drug-likeness (QED) is 0.721. The number of hydrogen-bond acceptors (Lipinski definition) is 3. The van der Waals surface area contributed by atoms with Crippen molar-refractivity contribution in [3.63, 3.8) is 0 Å². The first-order chi connectivity index (χ1) is 7.45. The Morgan fingerprint density at radius 3 is 3.27 bits per heavy atom. The van der Waals surface area contributed by atoms with Crippen LogP contribution in [-0.2, 0) is 17.8 Å². The van der Waals surface area contributed by atoms with Gasteiger partial charge in [-0.2, -0.15) is 5.10 Å². The van der Waals surface area contributed by atoms with Gasteiger partial charge in [0.25, 0.3) is 0 Å². The number of aromatic amines is 1. The molecule has 0 radical (unpaired) electrons. The lowest BCUT2D eigenvalue weighted by molar-refractivity contribution is 0.109. The van der Waals surface area contributed by atoms with Gasteiger partial charge in [0, 0.05) is 30.1 Å². The van der Waals surface area contributed by atoms with Gasteiger partial charge in [-0.3, -0.25) is 5.10 Å². The van der Waals surface area contributed by atoms with Gasteiger partial charge < -0.3 is 10.1 Å². The summed E-state index contributed by atoms with van der Waals surface area (Å²) in [7, 11) is 0. The second kappa shape index (κ2) is 3.94. The predicted octanol–water partition coefficient (Wildman–Crippen LogP) is 0.949. The maximum absolute atomic E-state index is 5.51. The maximum atomic E-state index is 5.51. The lowest BCUT2D eigenvalue weighted by Gasteiger charge is -2.23. The second-order valence-electron chi connectivity index (χ2n) is 4.41. The summed E-state index contributed by atoms with van der Waals surface area (Å²) in [6, 6.07) is 0. The molecule has 2 aliphatic rings. The van der Waals surface area contributed by atoms with E-state index < -0.39 is 0 Å². The molecule has 2 aliphatic heterocycles. The van der Waals surface area contributed by atoms with E-state index in [4.69, 9.17) is 4.74 Å². The molecule has 0 unspecified atom stereocenters. The Morgan fingerprint density at radius 2 is 2.40 bits per heavy atom. The molecule has 1 atom stereocenters. The molecule has 3 heterocycles. The summed E-state index contributed by atoms with van der Waals surface area (Å²) < 4.78 is 5.51. The van der Waals surface area contributed by atoms with Crippen LogP contribution in [0.1, 0.15) is 35.7 Å². The summed E-state index contributed by atoms with van der Waals surface area (Å²) in [6.07, 6.45) is 3.50. The molecule has 15 heavy (non-hydrogen) atoms. The Morgan fingerprint density at radius 1 is 1.40 bits per heavy atom. The number of rotatable bonds is 1. The summed E-state index contributed by atoms with van der Waals surface area (Å²) in [4.78, 5) is 0. The van der Waals surface area contributed by atoms with Gasteiger partial charge in [0.2, 0.25) is 0 Å². The van der Waals surface area contributed by atoms with Crippen LogP contribution in [0.3, 0.4) is 0 Å². The van der Waals surface area contributed by atoms with E-state index in [1.54, 1.807) is 0 Å². The number of fused-ring (bicyclic) bond motifs is 1. The van der Waals surface area contributed by atoms with Gasteiger partial charge in [-0.1, -0.05) is 0 Å². The predicted molar refractivity (Wildman–Crippen MR) is 56.8 cm³/mol. The maximum Gasteiger partial charge on any atom is 0.0753 e. The van der Waals surface area contributed by atoms with Crippen molar-refractivity contribution in [1.82, 2.24) is 15.5 Å². The summed E-state index contributed by atoms with van der Waals surface area (Å²) in [5.41, 5.74) is 3.87. The Labute approximate surface area is 89.4 Å². The number of ether oxygens (including phenoxy) is 1. The van der Waals surface area contributed by atoms with Crippen LogP contribution < -0.4 is 5.32 Å². The fourth-order valence-electron chi connectivity index (χ4n) is 2.56. The zero-order valence-corrected chi connectivity index (χ0v) is 8.88. The molecular formula is C11H17N3O. The fraction of sp³-hybridized carbons (Fsp3) is 0.727. The third-order valence-corrected chi connectivity index (χ3v) is 3.41. The van der Waals surface area contributed by atoms with Gasteiger partial charge in [-0.25, -0.2) is 0 Å². The van der Waals surface area contributed by atoms with Crippen LogP contribution in [-0.4, -0.2) is 29.9 Å². The van der Waals surface area contributed by atoms with Crippen molar-refractivity contribution in [3.05, 3.63) is 17.0 Å². The van der Waals surface area contributed by atoms with Gasteiger partial charge in [0.05, 0.1) is 18.9 Å². The van der Waals surface area contributed by atoms with E-state index in [2.05, 4.69) is 15.5 Å². The van der Waals surface area contributed by atoms with E-state index in [0.29, 0.717) is 5.92 Å². The second-order valence-corrected chi connectivity index (χ2v) is 4.41. The molecule has 4 nitrogen and oxygen atoms in total. The van der Waals surface area contributed by atoms with Crippen molar-refractivity contribution in [2.45, 2.75) is 31.8 Å². The zero-order chi connectivity index (χ0) is 10.1. The number of piperidine rings is 1. The summed E-state index contributed by atoms with van der Waals surface area (Å²) in [5, 5.41) is 11.1. The molecule has 1 aromatic rings. The van der Waals surface area contributed by atoms with Gasteiger partial charge in [-0.15, -0.1) is 0 Å². The van der Waals surface area contributed by atoms with Crippen LogP contribution in [0.5, 0.6) is 0 Å². The fourth-order valence-corrected chi connectivity index (χ4v) is 2.56. The van der Waals surface area contributed by atoms with E-state index in [1.165, 1.54) is 29.8 Å². The van der Waals surface area contributed by atoms with Crippen LogP contribution in [0.15, 0.2) is 0 Å². The molecule has 0 aromatic carbocycles. The number of hydrogen-bond donors (Lipinski definition) is 2. The molecular weight excluding hydrogens is 190 g/mol. The first-order valence-corrected chi connectivity index (χ1v) is 5.79. The molecule has 0 bridgehead atoms. The number of nitrogens with one attached hydrogen (secondary N) is 2. The van der Waals surface area contributed by atoms with Gasteiger partial charge >= 0.3 is 0 Å². The minimum atomic E-state index is 0.584. The zero-order valence-electron chi connectivity index (χ0n) is 8.88. The normalized spacial score (nSPS) is 26.3. The van der Waals surface area contributed by atoms with Gasteiger partial charge in [-0.05, 0) is 19.4 Å². The highest BCUT2D eigenvalue weighted by molar-refractivity contribution is 5.29.